The SMILES string of the molecule is CC(C)(C)OC(=O)N1CCCC(n2nc(-c3cnn(Cc4ccc(F)c(C(F)(F)F)c4)c3)c(C(N)=O)c2N)CCC1. The molecule has 0 unspecified atom stereocenters. The average molecular weight is 580 g/mol. The highest BCUT2D eigenvalue weighted by molar-refractivity contribution is 6.03. The Balaban J connectivity index is 1.53. The van der Waals surface area contributed by atoms with E-state index in [0.717, 1.165) is 12.1 Å². The first-order valence-corrected chi connectivity index (χ1v) is 13.2. The van der Waals surface area contributed by atoms with E-state index in [1.54, 1.807) is 9.58 Å². The molecular formula is C27H33F4N7O3. The Bertz CT molecular complexity index is 1420. The van der Waals surface area contributed by atoms with Crippen LogP contribution in [-0.2, 0) is 17.5 Å². The number of alkyl halides is 3. The van der Waals surface area contributed by atoms with Gasteiger partial charge in [-0.1, -0.05) is 6.07 Å². The van der Waals surface area contributed by atoms with Gasteiger partial charge in [-0.05, 0) is 64.2 Å². The molecule has 3 aromatic rings. The number of rotatable bonds is 5. The second-order valence-corrected chi connectivity index (χ2v) is 11.1. The van der Waals surface area contributed by atoms with E-state index in [-0.39, 0.29) is 41.3 Å². The van der Waals surface area contributed by atoms with Crippen LogP contribution < -0.4 is 11.5 Å². The summed E-state index contributed by atoms with van der Waals surface area (Å²) in [6.45, 7) is 6.35. The molecule has 0 saturated carbocycles. The third kappa shape index (κ3) is 6.98. The van der Waals surface area contributed by atoms with Gasteiger partial charge in [0.15, 0.2) is 0 Å². The Morgan fingerprint density at radius 1 is 1.12 bits per heavy atom. The first-order chi connectivity index (χ1) is 19.1. The van der Waals surface area contributed by atoms with Crippen molar-refractivity contribution >= 4 is 17.8 Å². The van der Waals surface area contributed by atoms with E-state index >= 15 is 0 Å². The Labute approximate surface area is 234 Å². The molecule has 1 aliphatic rings. The number of primary amides is 1. The quantitative estimate of drug-likeness (QED) is 0.409. The summed E-state index contributed by atoms with van der Waals surface area (Å²) >= 11 is 0. The second-order valence-electron chi connectivity index (χ2n) is 11.1. The van der Waals surface area contributed by atoms with Crippen molar-refractivity contribution in [2.24, 2.45) is 5.73 Å². The summed E-state index contributed by atoms with van der Waals surface area (Å²) in [4.78, 5) is 26.6. The molecule has 3 heterocycles. The number of aromatic nitrogens is 4. The van der Waals surface area contributed by atoms with Crippen molar-refractivity contribution in [2.45, 2.75) is 70.8 Å². The lowest BCUT2D eigenvalue weighted by Gasteiger charge is -2.30. The van der Waals surface area contributed by atoms with E-state index in [2.05, 4.69) is 10.2 Å². The zero-order chi connectivity index (χ0) is 30.1. The van der Waals surface area contributed by atoms with Gasteiger partial charge in [-0.25, -0.2) is 13.9 Å². The van der Waals surface area contributed by atoms with Crippen LogP contribution in [0.5, 0.6) is 0 Å². The molecule has 0 radical (unpaired) electrons. The van der Waals surface area contributed by atoms with E-state index in [1.165, 1.54) is 23.1 Å². The van der Waals surface area contributed by atoms with Crippen molar-refractivity contribution in [3.05, 3.63) is 53.1 Å². The van der Waals surface area contributed by atoms with Gasteiger partial charge in [0.2, 0.25) is 0 Å². The van der Waals surface area contributed by atoms with Crippen LogP contribution in [-0.4, -0.2) is 55.2 Å². The van der Waals surface area contributed by atoms with Gasteiger partial charge in [0.05, 0.1) is 24.3 Å². The second kappa shape index (κ2) is 11.4. The van der Waals surface area contributed by atoms with Gasteiger partial charge in [-0.15, -0.1) is 0 Å². The molecule has 41 heavy (non-hydrogen) atoms. The Kier molecular flexibility index (Phi) is 8.31. The molecule has 10 nitrogen and oxygen atoms in total. The lowest BCUT2D eigenvalue weighted by atomic mass is 10.0. The zero-order valence-electron chi connectivity index (χ0n) is 23.0. The molecule has 0 aliphatic carbocycles. The third-order valence-corrected chi connectivity index (χ3v) is 6.71. The number of nitrogens with zero attached hydrogens (tertiary/aromatic N) is 5. The van der Waals surface area contributed by atoms with Crippen LogP contribution in [0.25, 0.3) is 11.3 Å². The van der Waals surface area contributed by atoms with Crippen molar-refractivity contribution < 1.29 is 31.9 Å². The van der Waals surface area contributed by atoms with Crippen molar-refractivity contribution in [3.8, 4) is 11.3 Å². The number of carbonyl (C=O) groups excluding carboxylic acids is 2. The van der Waals surface area contributed by atoms with E-state index in [9.17, 15) is 27.2 Å². The first-order valence-electron chi connectivity index (χ1n) is 13.2. The molecular weight excluding hydrogens is 546 g/mol. The predicted molar refractivity (Wildman–Crippen MR) is 142 cm³/mol. The lowest BCUT2D eigenvalue weighted by Crippen LogP contribution is -2.39. The molecule has 0 atom stereocenters. The molecule has 2 amide bonds. The number of nitrogens with two attached hydrogens (primary N) is 2. The number of ether oxygens (including phenoxy) is 1. The fourth-order valence-corrected chi connectivity index (χ4v) is 4.86. The predicted octanol–water partition coefficient (Wildman–Crippen LogP) is 4.99. The van der Waals surface area contributed by atoms with Crippen molar-refractivity contribution in [1.82, 2.24) is 24.5 Å². The number of benzene rings is 1. The molecule has 1 aliphatic heterocycles. The maximum Gasteiger partial charge on any atom is 0.419 e. The third-order valence-electron chi connectivity index (χ3n) is 6.71. The lowest BCUT2D eigenvalue weighted by molar-refractivity contribution is -0.140. The minimum Gasteiger partial charge on any atom is -0.444 e. The summed E-state index contributed by atoms with van der Waals surface area (Å²) in [5.41, 5.74) is 10.9. The summed E-state index contributed by atoms with van der Waals surface area (Å²) < 4.78 is 61.4. The fourth-order valence-electron chi connectivity index (χ4n) is 4.86. The summed E-state index contributed by atoms with van der Waals surface area (Å²) in [6.07, 6.45) is 0.291. The average Bonchev–Trinajstić information content (AvgIpc) is 3.42. The topological polar surface area (TPSA) is 134 Å². The van der Waals surface area contributed by atoms with Crippen molar-refractivity contribution in [2.75, 3.05) is 18.8 Å². The molecule has 2 aromatic heterocycles. The van der Waals surface area contributed by atoms with Gasteiger partial charge in [0.25, 0.3) is 5.91 Å². The number of nitrogen functional groups attached to an aromatic ring is 1. The number of carbonyl (C=O) groups is 2. The highest BCUT2D eigenvalue weighted by atomic mass is 19.4. The fraction of sp³-hybridized carbons (Fsp3) is 0.481. The first kappa shape index (κ1) is 29.9. The summed E-state index contributed by atoms with van der Waals surface area (Å²) in [5, 5.41) is 8.79. The Morgan fingerprint density at radius 2 is 1.78 bits per heavy atom. The summed E-state index contributed by atoms with van der Waals surface area (Å²) in [6, 6.07) is 2.58. The van der Waals surface area contributed by atoms with Gasteiger partial charge < -0.3 is 21.1 Å². The van der Waals surface area contributed by atoms with Crippen molar-refractivity contribution in [1.29, 1.82) is 0 Å². The normalized spacial score (nSPS) is 15.4. The van der Waals surface area contributed by atoms with E-state index in [4.69, 9.17) is 16.2 Å². The highest BCUT2D eigenvalue weighted by Crippen LogP contribution is 2.34. The molecule has 1 aromatic carbocycles. The van der Waals surface area contributed by atoms with Gasteiger partial charge in [0, 0.05) is 24.8 Å². The molecule has 4 rings (SSSR count). The van der Waals surface area contributed by atoms with Crippen molar-refractivity contribution in [3.63, 3.8) is 0 Å². The van der Waals surface area contributed by atoms with E-state index < -0.39 is 29.1 Å². The van der Waals surface area contributed by atoms with Gasteiger partial charge in [0.1, 0.15) is 28.5 Å². The maximum absolute atomic E-state index is 13.7. The van der Waals surface area contributed by atoms with E-state index in [1.807, 2.05) is 20.8 Å². The molecule has 0 spiro atoms. The Hall–Kier alpha value is -4.10. The summed E-state index contributed by atoms with van der Waals surface area (Å²) in [5.74, 6) is -2.05. The highest BCUT2D eigenvalue weighted by Gasteiger charge is 2.34. The number of hydrogen-bond donors (Lipinski definition) is 2. The number of hydrogen-bond acceptors (Lipinski definition) is 6. The van der Waals surface area contributed by atoms with Gasteiger partial charge in [-0.3, -0.25) is 9.48 Å². The Morgan fingerprint density at radius 3 is 2.37 bits per heavy atom. The van der Waals surface area contributed by atoms with Crippen LogP contribution in [0.1, 0.15) is 74.0 Å². The monoisotopic (exact) mass is 579 g/mol. The van der Waals surface area contributed by atoms with Crippen LogP contribution in [0, 0.1) is 5.82 Å². The largest absolute Gasteiger partial charge is 0.444 e. The standard InChI is InChI=1S/C27H33F4N7O3/c1-26(2,3)41-25(40)36-10-4-6-18(7-5-11-36)38-23(32)21(24(33)39)22(35-38)17-13-34-37(15-17)14-16-8-9-20(28)19(12-16)27(29,30)31/h8-9,12-13,15,18H,4-7,10-11,14,32H2,1-3H3,(H2,33,39). The van der Waals surface area contributed by atoms with Crippen LogP contribution in [0.3, 0.4) is 0 Å². The van der Waals surface area contributed by atoms with Gasteiger partial charge >= 0.3 is 12.3 Å². The minimum atomic E-state index is -4.83. The number of likely N-dealkylation sites (tertiary alicyclic amines) is 1. The number of anilines is 1. The zero-order valence-corrected chi connectivity index (χ0v) is 23.0. The molecule has 1 saturated heterocycles. The molecule has 14 heteroatoms. The summed E-state index contributed by atoms with van der Waals surface area (Å²) in [7, 11) is 0. The van der Waals surface area contributed by atoms with E-state index in [0.29, 0.717) is 44.3 Å². The van der Waals surface area contributed by atoms with Crippen LogP contribution in [0.4, 0.5) is 28.2 Å². The molecule has 4 N–H and O–H groups in total. The number of amides is 2. The van der Waals surface area contributed by atoms with Crippen LogP contribution in [0.15, 0.2) is 30.6 Å². The minimum absolute atomic E-state index is 0.0168. The van der Waals surface area contributed by atoms with Crippen LogP contribution >= 0.6 is 0 Å². The maximum atomic E-state index is 13.7. The van der Waals surface area contributed by atoms with Crippen LogP contribution in [0.2, 0.25) is 0 Å². The molecule has 0 bridgehead atoms. The smallest absolute Gasteiger partial charge is 0.419 e. The molecule has 222 valence electrons. The van der Waals surface area contributed by atoms with Gasteiger partial charge in [-0.2, -0.15) is 23.4 Å². The molecule has 1 fully saturated rings. The number of halogens is 4.